The minimum Gasteiger partial charge on any atom is -0.479 e. The van der Waals surface area contributed by atoms with Gasteiger partial charge in [0.25, 0.3) is 0 Å². The molecule has 150 valence electrons. The molecule has 0 spiro atoms. The van der Waals surface area contributed by atoms with E-state index in [1.807, 2.05) is 0 Å². The van der Waals surface area contributed by atoms with Crippen molar-refractivity contribution in [1.29, 1.82) is 0 Å². The summed E-state index contributed by atoms with van der Waals surface area (Å²) in [6.45, 7) is 10.6. The lowest BCUT2D eigenvalue weighted by Crippen LogP contribution is -2.21. The lowest BCUT2D eigenvalue weighted by molar-refractivity contribution is 0.0487. The second kappa shape index (κ2) is 10.3. The molecule has 0 aromatic heterocycles. The Morgan fingerprint density at radius 3 is 2.25 bits per heavy atom. The molecule has 0 heterocycles. The molecule has 0 saturated heterocycles. The smallest absolute Gasteiger partial charge is 0.179 e. The largest absolute Gasteiger partial charge is 0.479 e. The fourth-order valence-corrected chi connectivity index (χ4v) is 4.10. The van der Waals surface area contributed by atoms with E-state index in [2.05, 4.69) is 74.3 Å². The molecule has 0 fully saturated rings. The van der Waals surface area contributed by atoms with Gasteiger partial charge in [-0.25, -0.2) is 0 Å². The topological polar surface area (TPSA) is 30.5 Å². The first-order valence-corrected chi connectivity index (χ1v) is 10.6. The van der Waals surface area contributed by atoms with E-state index in [9.17, 15) is 0 Å². The zero-order chi connectivity index (χ0) is 19.8. The van der Waals surface area contributed by atoms with Crippen LogP contribution < -0.4 is 5.32 Å². The van der Waals surface area contributed by atoms with Crippen LogP contribution in [0.2, 0.25) is 0 Å². The lowest BCUT2D eigenvalue weighted by Gasteiger charge is -2.18. The van der Waals surface area contributed by atoms with Gasteiger partial charge in [0.1, 0.15) is 6.61 Å². The van der Waals surface area contributed by atoms with Crippen LogP contribution in [-0.4, -0.2) is 25.9 Å². The fourth-order valence-electron chi connectivity index (χ4n) is 4.10. The second-order valence-electron chi connectivity index (χ2n) is 7.40. The van der Waals surface area contributed by atoms with Crippen molar-refractivity contribution in [3.8, 4) is 11.1 Å². The molecule has 1 aliphatic rings. The molecule has 0 saturated carbocycles. The number of fused-ring (bicyclic) bond motifs is 3. The minimum atomic E-state index is 0.262. The van der Waals surface area contributed by atoms with Crippen LogP contribution in [0, 0.1) is 0 Å². The summed E-state index contributed by atoms with van der Waals surface area (Å²) >= 11 is 0. The Balaban J connectivity index is 1.47. The monoisotopic (exact) mass is 379 g/mol. The summed E-state index contributed by atoms with van der Waals surface area (Å²) in [7, 11) is 0. The van der Waals surface area contributed by atoms with E-state index in [1.54, 1.807) is 0 Å². The van der Waals surface area contributed by atoms with Gasteiger partial charge in [-0.3, -0.25) is 0 Å². The summed E-state index contributed by atoms with van der Waals surface area (Å²) in [6.07, 6.45) is 4.80. The van der Waals surface area contributed by atoms with Crippen LogP contribution in [0.25, 0.3) is 11.1 Å². The quantitative estimate of drug-likeness (QED) is 0.370. The van der Waals surface area contributed by atoms with Crippen LogP contribution in [0.3, 0.4) is 0 Å². The number of benzene rings is 2. The van der Waals surface area contributed by atoms with E-state index in [4.69, 9.17) is 9.47 Å². The normalized spacial score (nSPS) is 13.6. The number of ether oxygens (including phenoxy) is 2. The first-order valence-electron chi connectivity index (χ1n) is 10.6. The second-order valence-corrected chi connectivity index (χ2v) is 7.40. The minimum absolute atomic E-state index is 0.262. The number of hydrogen-bond acceptors (Lipinski definition) is 3. The van der Waals surface area contributed by atoms with Crippen LogP contribution in [0.1, 0.15) is 56.6 Å². The molecule has 28 heavy (non-hydrogen) atoms. The van der Waals surface area contributed by atoms with Gasteiger partial charge in [0.2, 0.25) is 0 Å². The SMILES string of the molecule is C=C(NCCC[C@H](CCC)OCC)OCC1c2ccccc2-c2ccccc21. The number of hydrogen-bond donors (Lipinski definition) is 1. The zero-order valence-corrected chi connectivity index (χ0v) is 17.2. The van der Waals surface area contributed by atoms with Gasteiger partial charge in [-0.2, -0.15) is 0 Å². The maximum Gasteiger partial charge on any atom is 0.179 e. The highest BCUT2D eigenvalue weighted by Gasteiger charge is 2.28. The molecule has 2 aromatic carbocycles. The Morgan fingerprint density at radius 2 is 1.64 bits per heavy atom. The Bertz CT molecular complexity index is 719. The summed E-state index contributed by atoms with van der Waals surface area (Å²) in [4.78, 5) is 0. The standard InChI is InChI=1S/C25H33NO2/c1-4-11-20(27-5-2)12-10-17-26-19(3)28-18-25-23-15-8-6-13-21(23)22-14-7-9-16-24(22)25/h6-9,13-16,20,25-26H,3-5,10-12,17-18H2,1-2H3/t20-/m0/s1. The van der Waals surface area contributed by atoms with Crippen molar-refractivity contribution in [3.05, 3.63) is 72.1 Å². The molecule has 0 amide bonds. The Labute approximate surface area is 169 Å². The van der Waals surface area contributed by atoms with Gasteiger partial charge >= 0.3 is 0 Å². The van der Waals surface area contributed by atoms with E-state index in [-0.39, 0.29) is 5.92 Å². The van der Waals surface area contributed by atoms with Crippen LogP contribution in [0.5, 0.6) is 0 Å². The molecular weight excluding hydrogens is 346 g/mol. The molecule has 0 radical (unpaired) electrons. The fraction of sp³-hybridized carbons (Fsp3) is 0.440. The molecule has 3 heteroatoms. The Kier molecular flexibility index (Phi) is 7.55. The van der Waals surface area contributed by atoms with E-state index in [1.165, 1.54) is 22.3 Å². The molecule has 0 aliphatic heterocycles. The molecule has 3 rings (SSSR count). The zero-order valence-electron chi connectivity index (χ0n) is 17.2. The van der Waals surface area contributed by atoms with Gasteiger partial charge in [-0.1, -0.05) is 61.9 Å². The summed E-state index contributed by atoms with van der Waals surface area (Å²) in [5.74, 6) is 0.920. The summed E-state index contributed by atoms with van der Waals surface area (Å²) in [5, 5.41) is 3.32. The third kappa shape index (κ3) is 4.96. The molecule has 2 aromatic rings. The number of rotatable bonds is 12. The molecule has 0 unspecified atom stereocenters. The van der Waals surface area contributed by atoms with Crippen LogP contribution in [-0.2, 0) is 9.47 Å². The maximum absolute atomic E-state index is 6.00. The average molecular weight is 380 g/mol. The van der Waals surface area contributed by atoms with Crippen molar-refractivity contribution >= 4 is 0 Å². The molecule has 3 nitrogen and oxygen atoms in total. The van der Waals surface area contributed by atoms with Gasteiger partial charge in [-0.05, 0) is 55.0 Å². The van der Waals surface area contributed by atoms with Crippen molar-refractivity contribution in [2.75, 3.05) is 19.8 Å². The predicted molar refractivity (Wildman–Crippen MR) is 116 cm³/mol. The van der Waals surface area contributed by atoms with Crippen molar-refractivity contribution < 1.29 is 9.47 Å². The first kappa shape index (κ1) is 20.5. The van der Waals surface area contributed by atoms with E-state index >= 15 is 0 Å². The van der Waals surface area contributed by atoms with Gasteiger partial charge in [0, 0.05) is 19.1 Å². The van der Waals surface area contributed by atoms with Crippen LogP contribution in [0.4, 0.5) is 0 Å². The first-order chi connectivity index (χ1) is 13.7. The summed E-state index contributed by atoms with van der Waals surface area (Å²) < 4.78 is 11.8. The third-order valence-corrected chi connectivity index (χ3v) is 5.42. The Morgan fingerprint density at radius 1 is 1.00 bits per heavy atom. The highest BCUT2D eigenvalue weighted by atomic mass is 16.5. The summed E-state index contributed by atoms with van der Waals surface area (Å²) in [6, 6.07) is 17.2. The summed E-state index contributed by atoms with van der Waals surface area (Å²) in [5.41, 5.74) is 5.33. The van der Waals surface area contributed by atoms with Gasteiger partial charge in [-0.15, -0.1) is 0 Å². The van der Waals surface area contributed by atoms with Crippen molar-refractivity contribution in [2.45, 2.75) is 51.6 Å². The molecule has 1 atom stereocenters. The average Bonchev–Trinajstić information content (AvgIpc) is 3.04. The predicted octanol–water partition coefficient (Wildman–Crippen LogP) is 5.86. The van der Waals surface area contributed by atoms with Crippen LogP contribution in [0.15, 0.2) is 61.0 Å². The van der Waals surface area contributed by atoms with Crippen molar-refractivity contribution in [1.82, 2.24) is 5.32 Å². The molecule has 1 aliphatic carbocycles. The van der Waals surface area contributed by atoms with E-state index in [0.29, 0.717) is 18.6 Å². The molecule has 0 bridgehead atoms. The highest BCUT2D eigenvalue weighted by molar-refractivity contribution is 5.78. The molecular formula is C25H33NO2. The van der Waals surface area contributed by atoms with Crippen molar-refractivity contribution in [2.24, 2.45) is 0 Å². The van der Waals surface area contributed by atoms with Gasteiger partial charge < -0.3 is 14.8 Å². The Hall–Kier alpha value is -2.26. The number of nitrogens with one attached hydrogen (secondary N) is 1. The molecule has 1 N–H and O–H groups in total. The maximum atomic E-state index is 6.00. The van der Waals surface area contributed by atoms with E-state index in [0.717, 1.165) is 38.8 Å². The van der Waals surface area contributed by atoms with Crippen molar-refractivity contribution in [3.63, 3.8) is 0 Å². The van der Waals surface area contributed by atoms with E-state index < -0.39 is 0 Å². The lowest BCUT2D eigenvalue weighted by atomic mass is 9.98. The van der Waals surface area contributed by atoms with Gasteiger partial charge in [0.05, 0.1) is 6.10 Å². The highest BCUT2D eigenvalue weighted by Crippen LogP contribution is 2.44. The van der Waals surface area contributed by atoms with Gasteiger partial charge in [0.15, 0.2) is 5.88 Å². The third-order valence-electron chi connectivity index (χ3n) is 5.42. The van der Waals surface area contributed by atoms with Crippen LogP contribution >= 0.6 is 0 Å².